The molecular formula is C20H34IN5O4S. The highest BCUT2D eigenvalue weighted by molar-refractivity contribution is 14.0. The zero-order chi connectivity index (χ0) is 21.6. The van der Waals surface area contributed by atoms with E-state index in [-0.39, 0.29) is 29.7 Å². The first-order valence-electron chi connectivity index (χ1n) is 10.3. The highest BCUT2D eigenvalue weighted by atomic mass is 127. The number of nitrogens with one attached hydrogen (secondary N) is 2. The first kappa shape index (κ1) is 25.9. The van der Waals surface area contributed by atoms with Gasteiger partial charge in [-0.15, -0.1) is 24.0 Å². The van der Waals surface area contributed by atoms with Gasteiger partial charge >= 0.3 is 0 Å². The zero-order valence-electron chi connectivity index (χ0n) is 18.5. The van der Waals surface area contributed by atoms with E-state index in [1.807, 2.05) is 18.2 Å². The van der Waals surface area contributed by atoms with Crippen LogP contribution in [0.25, 0.3) is 0 Å². The van der Waals surface area contributed by atoms with Gasteiger partial charge in [-0.3, -0.25) is 9.89 Å². The fourth-order valence-electron chi connectivity index (χ4n) is 3.94. The van der Waals surface area contributed by atoms with Crippen molar-refractivity contribution in [1.82, 2.24) is 19.8 Å². The summed E-state index contributed by atoms with van der Waals surface area (Å²) in [6.07, 6.45) is 1.73. The van der Waals surface area contributed by atoms with Crippen LogP contribution in [0.2, 0.25) is 0 Å². The third-order valence-electron chi connectivity index (χ3n) is 5.51. The molecule has 2 aliphatic heterocycles. The fourth-order valence-corrected chi connectivity index (χ4v) is 5.47. The Morgan fingerprint density at radius 2 is 1.90 bits per heavy atom. The molecule has 2 aliphatic rings. The smallest absolute Gasteiger partial charge is 0.214 e. The fraction of sp³-hybridized carbons (Fsp3) is 0.650. The van der Waals surface area contributed by atoms with Crippen LogP contribution in [-0.4, -0.2) is 89.4 Å². The number of hydrogen-bond acceptors (Lipinski definition) is 6. The molecule has 176 valence electrons. The molecule has 2 fully saturated rings. The molecule has 2 heterocycles. The Balaban J connectivity index is 0.00000341. The topological polar surface area (TPSA) is 95.5 Å². The van der Waals surface area contributed by atoms with Gasteiger partial charge in [0.15, 0.2) is 5.96 Å². The van der Waals surface area contributed by atoms with Crippen LogP contribution < -0.4 is 20.1 Å². The van der Waals surface area contributed by atoms with E-state index in [0.29, 0.717) is 38.1 Å². The average Bonchev–Trinajstić information content (AvgIpc) is 3.31. The number of benzene rings is 1. The second kappa shape index (κ2) is 12.1. The molecule has 1 aromatic rings. The third kappa shape index (κ3) is 7.36. The quantitative estimate of drug-likeness (QED) is 0.276. The molecule has 0 saturated carbocycles. The summed E-state index contributed by atoms with van der Waals surface area (Å²) in [5.41, 5.74) is 1.15. The Kier molecular flexibility index (Phi) is 10.1. The number of methoxy groups -OCH3 is 2. The van der Waals surface area contributed by atoms with E-state index in [0.717, 1.165) is 43.1 Å². The Morgan fingerprint density at radius 1 is 1.19 bits per heavy atom. The maximum atomic E-state index is 11.9. The summed E-state index contributed by atoms with van der Waals surface area (Å²) >= 11 is 0. The Morgan fingerprint density at radius 3 is 2.48 bits per heavy atom. The summed E-state index contributed by atoms with van der Waals surface area (Å²) < 4.78 is 36.0. The van der Waals surface area contributed by atoms with Crippen LogP contribution in [0.5, 0.6) is 11.5 Å². The lowest BCUT2D eigenvalue weighted by molar-refractivity contribution is 0.321. The summed E-state index contributed by atoms with van der Waals surface area (Å²) in [6.45, 7) is 4.34. The maximum Gasteiger partial charge on any atom is 0.214 e. The van der Waals surface area contributed by atoms with Gasteiger partial charge in [0.05, 0.1) is 20.0 Å². The van der Waals surface area contributed by atoms with Crippen LogP contribution in [0.1, 0.15) is 18.4 Å². The summed E-state index contributed by atoms with van der Waals surface area (Å²) in [5.74, 6) is 2.56. The van der Waals surface area contributed by atoms with Crippen LogP contribution in [0.4, 0.5) is 0 Å². The number of nitrogens with zero attached hydrogens (tertiary/aromatic N) is 3. The molecule has 0 spiro atoms. The lowest BCUT2D eigenvalue weighted by Crippen LogP contribution is -2.46. The lowest BCUT2D eigenvalue weighted by Gasteiger charge is -2.20. The van der Waals surface area contributed by atoms with Crippen LogP contribution in [0, 0.1) is 0 Å². The minimum absolute atomic E-state index is 0. The number of rotatable bonds is 8. The van der Waals surface area contributed by atoms with Gasteiger partial charge in [-0.2, -0.15) is 0 Å². The number of guanidine groups is 1. The van der Waals surface area contributed by atoms with Crippen molar-refractivity contribution in [1.29, 1.82) is 0 Å². The molecular weight excluding hydrogens is 533 g/mol. The van der Waals surface area contributed by atoms with Crippen molar-refractivity contribution in [2.24, 2.45) is 4.99 Å². The maximum absolute atomic E-state index is 11.9. The number of aliphatic imine (C=N–C) groups is 1. The van der Waals surface area contributed by atoms with Crippen molar-refractivity contribution in [3.8, 4) is 11.5 Å². The molecule has 31 heavy (non-hydrogen) atoms. The van der Waals surface area contributed by atoms with Gasteiger partial charge in [-0.05, 0) is 30.5 Å². The third-order valence-corrected chi connectivity index (χ3v) is 7.47. The van der Waals surface area contributed by atoms with Crippen molar-refractivity contribution in [2.75, 3.05) is 59.7 Å². The molecule has 0 bridgehead atoms. The number of sulfonamides is 1. The molecule has 9 nitrogen and oxygen atoms in total. The molecule has 0 radical (unpaired) electrons. The minimum atomic E-state index is -3.05. The van der Waals surface area contributed by atoms with E-state index < -0.39 is 10.0 Å². The predicted molar refractivity (Wildman–Crippen MR) is 133 cm³/mol. The molecule has 3 rings (SSSR count). The SMILES string of the molecule is CN=C(NCCN1CCCS1(=O)=O)NC1CCN(Cc2cc(OC)cc(OC)c2)C1.I. The van der Waals surface area contributed by atoms with E-state index in [9.17, 15) is 8.42 Å². The van der Waals surface area contributed by atoms with Gasteiger partial charge in [-0.25, -0.2) is 12.7 Å². The molecule has 2 N–H and O–H groups in total. The summed E-state index contributed by atoms with van der Waals surface area (Å²) in [6, 6.07) is 6.24. The zero-order valence-corrected chi connectivity index (χ0v) is 21.6. The van der Waals surface area contributed by atoms with Crippen LogP contribution >= 0.6 is 24.0 Å². The summed E-state index contributed by atoms with van der Waals surface area (Å²) in [5, 5.41) is 6.69. The Bertz CT molecular complexity index is 830. The van der Waals surface area contributed by atoms with Gasteiger partial charge in [0.25, 0.3) is 0 Å². The molecule has 1 unspecified atom stereocenters. The van der Waals surface area contributed by atoms with Crippen molar-refractivity contribution in [3.63, 3.8) is 0 Å². The first-order valence-corrected chi connectivity index (χ1v) is 11.9. The normalized spacial score (nSPS) is 21.5. The van der Waals surface area contributed by atoms with Crippen LogP contribution in [-0.2, 0) is 16.6 Å². The van der Waals surface area contributed by atoms with Crippen LogP contribution in [0.3, 0.4) is 0 Å². The van der Waals surface area contributed by atoms with E-state index in [1.54, 1.807) is 25.6 Å². The molecule has 0 amide bonds. The molecule has 1 aromatic carbocycles. The minimum Gasteiger partial charge on any atom is -0.497 e. The molecule has 0 aromatic heterocycles. The van der Waals surface area contributed by atoms with E-state index >= 15 is 0 Å². The number of ether oxygens (including phenoxy) is 2. The molecule has 1 atom stereocenters. The summed E-state index contributed by atoms with van der Waals surface area (Å²) in [7, 11) is 2.00. The second-order valence-electron chi connectivity index (χ2n) is 7.65. The van der Waals surface area contributed by atoms with E-state index in [2.05, 4.69) is 20.5 Å². The van der Waals surface area contributed by atoms with E-state index in [1.165, 1.54) is 0 Å². The molecule has 2 saturated heterocycles. The van der Waals surface area contributed by atoms with Crippen molar-refractivity contribution < 1.29 is 17.9 Å². The first-order chi connectivity index (χ1) is 14.4. The van der Waals surface area contributed by atoms with Gasteiger partial charge in [0, 0.05) is 58.4 Å². The van der Waals surface area contributed by atoms with Gasteiger partial charge in [-0.1, -0.05) is 0 Å². The van der Waals surface area contributed by atoms with Gasteiger partial charge < -0.3 is 20.1 Å². The van der Waals surface area contributed by atoms with Crippen molar-refractivity contribution >= 4 is 40.0 Å². The average molecular weight is 567 g/mol. The molecule has 0 aliphatic carbocycles. The largest absolute Gasteiger partial charge is 0.497 e. The number of halogens is 1. The monoisotopic (exact) mass is 567 g/mol. The summed E-state index contributed by atoms with van der Waals surface area (Å²) in [4.78, 5) is 6.67. The number of hydrogen-bond donors (Lipinski definition) is 2. The highest BCUT2D eigenvalue weighted by Crippen LogP contribution is 2.24. The van der Waals surface area contributed by atoms with Crippen molar-refractivity contribution in [2.45, 2.75) is 25.4 Å². The molecule has 11 heteroatoms. The lowest BCUT2D eigenvalue weighted by atomic mass is 10.2. The van der Waals surface area contributed by atoms with E-state index in [4.69, 9.17) is 9.47 Å². The Labute approximate surface area is 202 Å². The standard InChI is InChI=1S/C20H33N5O4S.HI/c1-21-20(22-6-9-25-7-4-10-30(25,26)27)23-17-5-8-24(15-17)14-16-11-18(28-2)13-19(12-16)29-3;/h11-13,17H,4-10,14-15H2,1-3H3,(H2,21,22,23);1H. The van der Waals surface area contributed by atoms with Crippen LogP contribution in [0.15, 0.2) is 23.2 Å². The highest BCUT2D eigenvalue weighted by Gasteiger charge is 2.28. The number of likely N-dealkylation sites (tertiary alicyclic amines) is 1. The van der Waals surface area contributed by atoms with Gasteiger partial charge in [0.1, 0.15) is 11.5 Å². The Hall–Kier alpha value is -1.31. The van der Waals surface area contributed by atoms with Crippen molar-refractivity contribution in [3.05, 3.63) is 23.8 Å². The predicted octanol–water partition coefficient (Wildman–Crippen LogP) is 1.10. The second-order valence-corrected chi connectivity index (χ2v) is 9.74. The van der Waals surface area contributed by atoms with Gasteiger partial charge in [0.2, 0.25) is 10.0 Å².